The molecule has 1 heterocycles. The van der Waals surface area contributed by atoms with E-state index in [4.69, 9.17) is 4.43 Å². The summed E-state index contributed by atoms with van der Waals surface area (Å²) in [5.41, 5.74) is 0. The predicted molar refractivity (Wildman–Crippen MR) is 21.7 cm³/mol. The second kappa shape index (κ2) is 1.31. The quantitative estimate of drug-likeness (QED) is 0.364. The summed E-state index contributed by atoms with van der Waals surface area (Å²) >= 11 is 0. The standard InChI is InChI=1S/C2H2BOSi/c1-2-4-5-3-1/h1-2H. The molecule has 3 heteroatoms. The van der Waals surface area contributed by atoms with E-state index in [1.807, 2.05) is 12.5 Å². The van der Waals surface area contributed by atoms with Crippen LogP contribution in [-0.2, 0) is 4.43 Å². The van der Waals surface area contributed by atoms with Crippen LogP contribution in [0.5, 0.6) is 0 Å². The van der Waals surface area contributed by atoms with Crippen LogP contribution in [0, 0.1) is 0 Å². The molecule has 0 fully saturated rings. The van der Waals surface area contributed by atoms with Crippen molar-refractivity contribution in [1.29, 1.82) is 0 Å². The summed E-state index contributed by atoms with van der Waals surface area (Å²) in [6.45, 7) is 1.99. The average molecular weight is 80.9 g/mol. The van der Waals surface area contributed by atoms with Gasteiger partial charge in [-0.25, -0.2) is 0 Å². The van der Waals surface area contributed by atoms with Crippen molar-refractivity contribution >= 4 is 15.7 Å². The molecule has 0 atom stereocenters. The Morgan fingerprint density at radius 1 is 1.80 bits per heavy atom. The maximum absolute atomic E-state index is 4.74. The van der Waals surface area contributed by atoms with Gasteiger partial charge in [0.25, 0.3) is 0 Å². The molecular weight excluding hydrogens is 78.9 g/mol. The van der Waals surface area contributed by atoms with E-state index in [0.717, 1.165) is 0 Å². The summed E-state index contributed by atoms with van der Waals surface area (Å²) in [6.07, 6.45) is 1.69. The third-order valence-electron chi connectivity index (χ3n) is 0.379. The first-order valence-electron chi connectivity index (χ1n) is 1.40. The van der Waals surface area contributed by atoms with Crippen molar-refractivity contribution in [3.8, 4) is 0 Å². The molecule has 0 bridgehead atoms. The Balaban J connectivity index is 2.61. The van der Waals surface area contributed by atoms with Gasteiger partial charge in [-0.3, -0.25) is 0 Å². The molecule has 0 N–H and O–H groups in total. The normalized spacial score (nSPS) is 14.4. The second-order valence-electron chi connectivity index (χ2n) is 0.731. The third kappa shape index (κ3) is 0.546. The molecule has 0 unspecified atom stereocenters. The summed E-state index contributed by atoms with van der Waals surface area (Å²) in [5, 5.41) is 0. The first-order chi connectivity index (χ1) is 2.50. The van der Waals surface area contributed by atoms with Crippen molar-refractivity contribution < 1.29 is 4.43 Å². The van der Waals surface area contributed by atoms with Gasteiger partial charge in [0.2, 0.25) is 0 Å². The molecule has 1 nitrogen and oxygen atoms in total. The molecule has 1 aliphatic heterocycles. The Morgan fingerprint density at radius 2 is 2.80 bits per heavy atom. The van der Waals surface area contributed by atoms with Crippen LogP contribution in [0.3, 0.4) is 0 Å². The maximum atomic E-state index is 4.74. The third-order valence-corrected chi connectivity index (χ3v) is 0.980. The van der Waals surface area contributed by atoms with Crippen LogP contribution < -0.4 is 0 Å². The zero-order chi connectivity index (χ0) is 3.54. The van der Waals surface area contributed by atoms with Crippen LogP contribution >= 0.6 is 0 Å². The Bertz CT molecular complexity index is 67.7. The summed E-state index contributed by atoms with van der Waals surface area (Å²) in [5.74, 6) is 1.90. The van der Waals surface area contributed by atoms with E-state index in [2.05, 4.69) is 0 Å². The summed E-state index contributed by atoms with van der Waals surface area (Å²) < 4.78 is 4.74. The van der Waals surface area contributed by atoms with Gasteiger partial charge in [0, 0.05) is 0 Å². The van der Waals surface area contributed by atoms with Crippen LogP contribution in [0.25, 0.3) is 0 Å². The van der Waals surface area contributed by atoms with Crippen molar-refractivity contribution in [2.45, 2.75) is 0 Å². The zero-order valence-corrected chi connectivity index (χ0v) is 3.64. The molecule has 23 valence electrons. The monoisotopic (exact) mass is 81.0 g/mol. The van der Waals surface area contributed by atoms with Gasteiger partial charge in [0.15, 0.2) is 0 Å². The van der Waals surface area contributed by atoms with E-state index in [-0.39, 0.29) is 0 Å². The molecule has 1 radical (unpaired) electrons. The average Bonchev–Trinajstić information content (AvgIpc) is 1.76. The Kier molecular flexibility index (Phi) is 0.793. The Hall–Kier alpha value is -0.178. The number of hydrogen-bond donors (Lipinski definition) is 0. The molecule has 1 rings (SSSR count). The van der Waals surface area contributed by atoms with Crippen LogP contribution in [0.4, 0.5) is 0 Å². The van der Waals surface area contributed by atoms with Crippen molar-refractivity contribution in [2.75, 3.05) is 0 Å². The van der Waals surface area contributed by atoms with E-state index in [9.17, 15) is 0 Å². The van der Waals surface area contributed by atoms with Crippen LogP contribution in [0.15, 0.2) is 12.2 Å². The Labute approximate surface area is 33.4 Å². The van der Waals surface area contributed by atoms with Gasteiger partial charge < -0.3 is 0 Å². The molecule has 1 aliphatic rings. The van der Waals surface area contributed by atoms with E-state index >= 15 is 0 Å². The van der Waals surface area contributed by atoms with E-state index in [1.54, 1.807) is 6.26 Å². The first kappa shape index (κ1) is 3.03. The van der Waals surface area contributed by atoms with Crippen molar-refractivity contribution in [3.05, 3.63) is 12.2 Å². The van der Waals surface area contributed by atoms with Gasteiger partial charge in [0.1, 0.15) is 0 Å². The molecular formula is C2H2BOSi. The SMILES string of the molecule is B1=[Si]OC=C1. The second-order valence-corrected chi connectivity index (χ2v) is 1.54. The molecule has 5 heavy (non-hydrogen) atoms. The van der Waals surface area contributed by atoms with Crippen LogP contribution in [0.2, 0.25) is 0 Å². The molecule has 0 saturated heterocycles. The van der Waals surface area contributed by atoms with Crippen LogP contribution in [-0.4, -0.2) is 15.7 Å². The first-order valence-corrected chi connectivity index (χ1v) is 2.38. The molecule has 0 saturated carbocycles. The molecule has 0 amide bonds. The molecule has 0 aliphatic carbocycles. The molecule has 0 aromatic rings. The minimum atomic E-state index is 0.573. The van der Waals surface area contributed by atoms with Crippen LogP contribution in [0.1, 0.15) is 0 Å². The molecule has 0 aromatic carbocycles. The van der Waals surface area contributed by atoms with Gasteiger partial charge in [-0.2, -0.15) is 0 Å². The van der Waals surface area contributed by atoms with Crippen molar-refractivity contribution in [2.24, 2.45) is 0 Å². The fraction of sp³-hybridized carbons (Fsp3) is 0. The number of rotatable bonds is 0. The predicted octanol–water partition coefficient (Wildman–Crippen LogP) is -0.274. The summed E-state index contributed by atoms with van der Waals surface area (Å²) in [6, 6.07) is 0. The van der Waals surface area contributed by atoms with Gasteiger partial charge in [-0.1, -0.05) is 0 Å². The van der Waals surface area contributed by atoms with Gasteiger partial charge in [-0.15, -0.1) is 0 Å². The number of hydrogen-bond acceptors (Lipinski definition) is 1. The topological polar surface area (TPSA) is 9.23 Å². The Morgan fingerprint density at radius 3 is 3.00 bits per heavy atom. The van der Waals surface area contributed by atoms with Gasteiger partial charge in [0.05, 0.1) is 0 Å². The zero-order valence-electron chi connectivity index (χ0n) is 2.64. The van der Waals surface area contributed by atoms with E-state index in [1.165, 1.54) is 0 Å². The van der Waals surface area contributed by atoms with Crippen molar-refractivity contribution in [3.63, 3.8) is 0 Å². The van der Waals surface area contributed by atoms with E-state index in [0.29, 0.717) is 9.23 Å². The van der Waals surface area contributed by atoms with Crippen molar-refractivity contribution in [1.82, 2.24) is 0 Å². The van der Waals surface area contributed by atoms with E-state index < -0.39 is 0 Å². The van der Waals surface area contributed by atoms with Gasteiger partial charge in [-0.05, 0) is 0 Å². The summed E-state index contributed by atoms with van der Waals surface area (Å²) in [4.78, 5) is 0. The van der Waals surface area contributed by atoms with Gasteiger partial charge >= 0.3 is 32.4 Å². The minimum absolute atomic E-state index is 0.573. The fourth-order valence-corrected chi connectivity index (χ4v) is 0.589. The fourth-order valence-electron chi connectivity index (χ4n) is 0.196. The molecule has 0 spiro atoms. The molecule has 0 aromatic heterocycles. The summed E-state index contributed by atoms with van der Waals surface area (Å²) in [7, 11) is 0.573.